The molecule has 0 aliphatic rings. The first-order valence-electron chi connectivity index (χ1n) is 6.07. The predicted molar refractivity (Wildman–Crippen MR) is 74.4 cm³/mol. The highest BCUT2D eigenvalue weighted by Gasteiger charge is 2.05. The summed E-state index contributed by atoms with van der Waals surface area (Å²) in [4.78, 5) is 8.04. The van der Waals surface area contributed by atoms with E-state index in [9.17, 15) is 4.39 Å². The summed E-state index contributed by atoms with van der Waals surface area (Å²) in [6.45, 7) is 0.668. The summed E-state index contributed by atoms with van der Waals surface area (Å²) in [5, 5.41) is 7.65. The molecule has 0 saturated heterocycles. The van der Waals surface area contributed by atoms with Gasteiger partial charge in [-0.25, -0.2) is 4.39 Å². The molecule has 2 aromatic heterocycles. The zero-order valence-corrected chi connectivity index (χ0v) is 11.2. The summed E-state index contributed by atoms with van der Waals surface area (Å²) in [6.07, 6.45) is 2.18. The first kappa shape index (κ1) is 12.8. The third kappa shape index (κ3) is 2.70. The molecule has 0 saturated carbocycles. The fourth-order valence-corrected chi connectivity index (χ4v) is 2.07. The lowest BCUT2D eigenvalue weighted by atomic mass is 10.1. The predicted octanol–water partition coefficient (Wildman–Crippen LogP) is 2.57. The van der Waals surface area contributed by atoms with E-state index in [0.717, 1.165) is 17.8 Å². The molecule has 102 valence electrons. The van der Waals surface area contributed by atoms with Gasteiger partial charge in [-0.2, -0.15) is 19.6 Å². The van der Waals surface area contributed by atoms with E-state index in [2.05, 4.69) is 20.4 Å². The van der Waals surface area contributed by atoms with Crippen molar-refractivity contribution in [3.63, 3.8) is 0 Å². The molecule has 7 heteroatoms. The molecule has 0 spiro atoms. The van der Waals surface area contributed by atoms with Gasteiger partial charge in [0.1, 0.15) is 23.1 Å². The molecular formula is C13H11ClFN5. The van der Waals surface area contributed by atoms with E-state index in [-0.39, 0.29) is 5.82 Å². The van der Waals surface area contributed by atoms with Crippen molar-refractivity contribution in [1.29, 1.82) is 0 Å². The third-order valence-electron chi connectivity index (χ3n) is 2.85. The zero-order chi connectivity index (χ0) is 13.9. The summed E-state index contributed by atoms with van der Waals surface area (Å²) >= 11 is 5.92. The zero-order valence-electron chi connectivity index (χ0n) is 10.4. The van der Waals surface area contributed by atoms with Crippen molar-refractivity contribution in [2.45, 2.75) is 6.42 Å². The van der Waals surface area contributed by atoms with E-state index >= 15 is 0 Å². The quantitative estimate of drug-likeness (QED) is 0.751. The second-order valence-corrected chi connectivity index (χ2v) is 4.63. The Morgan fingerprint density at radius 1 is 1.25 bits per heavy atom. The van der Waals surface area contributed by atoms with Gasteiger partial charge in [0.15, 0.2) is 0 Å². The highest BCUT2D eigenvalue weighted by Crippen LogP contribution is 2.14. The summed E-state index contributed by atoms with van der Waals surface area (Å²) in [5.41, 5.74) is 1.05. The van der Waals surface area contributed by atoms with Crippen LogP contribution in [0.5, 0.6) is 0 Å². The number of nitrogens with zero attached hydrogens (tertiary/aromatic N) is 4. The third-order valence-corrected chi connectivity index (χ3v) is 3.05. The van der Waals surface area contributed by atoms with E-state index in [0.29, 0.717) is 17.5 Å². The van der Waals surface area contributed by atoms with Gasteiger partial charge in [-0.15, -0.1) is 0 Å². The molecule has 3 rings (SSSR count). The molecule has 0 fully saturated rings. The van der Waals surface area contributed by atoms with Crippen LogP contribution in [-0.4, -0.2) is 26.1 Å². The van der Waals surface area contributed by atoms with Crippen LogP contribution in [0.3, 0.4) is 0 Å². The van der Waals surface area contributed by atoms with Gasteiger partial charge in [-0.3, -0.25) is 0 Å². The van der Waals surface area contributed by atoms with Crippen LogP contribution in [0.2, 0.25) is 5.15 Å². The molecule has 1 N–H and O–H groups in total. The van der Waals surface area contributed by atoms with Gasteiger partial charge in [0, 0.05) is 12.6 Å². The highest BCUT2D eigenvalue weighted by atomic mass is 35.5. The summed E-state index contributed by atoms with van der Waals surface area (Å²) in [5.74, 6) is 0.938. The molecule has 0 unspecified atom stereocenters. The number of benzene rings is 1. The highest BCUT2D eigenvalue weighted by molar-refractivity contribution is 6.29. The van der Waals surface area contributed by atoms with E-state index in [1.807, 2.05) is 0 Å². The Hall–Kier alpha value is -2.21. The maximum atomic E-state index is 12.8. The van der Waals surface area contributed by atoms with E-state index in [1.54, 1.807) is 22.7 Å². The minimum atomic E-state index is -0.230. The fourth-order valence-electron chi connectivity index (χ4n) is 1.90. The Bertz CT molecular complexity index is 725. The molecule has 3 aromatic rings. The molecule has 2 heterocycles. The van der Waals surface area contributed by atoms with Crippen molar-refractivity contribution in [3.05, 3.63) is 53.2 Å². The lowest BCUT2D eigenvalue weighted by Gasteiger charge is -2.08. The van der Waals surface area contributed by atoms with Gasteiger partial charge in [-0.05, 0) is 24.1 Å². The molecule has 0 bridgehead atoms. The van der Waals surface area contributed by atoms with Crippen LogP contribution in [0.25, 0.3) is 5.78 Å². The minimum Gasteiger partial charge on any atom is -0.369 e. The molecule has 5 nitrogen and oxygen atoms in total. The van der Waals surface area contributed by atoms with Crippen LogP contribution in [-0.2, 0) is 6.42 Å². The van der Waals surface area contributed by atoms with E-state index < -0.39 is 0 Å². The largest absolute Gasteiger partial charge is 0.369 e. The first-order valence-corrected chi connectivity index (χ1v) is 6.45. The van der Waals surface area contributed by atoms with Gasteiger partial charge < -0.3 is 5.32 Å². The van der Waals surface area contributed by atoms with Crippen molar-refractivity contribution in [3.8, 4) is 0 Å². The second kappa shape index (κ2) is 5.42. The molecule has 0 aliphatic carbocycles. The molecule has 1 aromatic carbocycles. The summed E-state index contributed by atoms with van der Waals surface area (Å²) < 4.78 is 14.4. The molecular weight excluding hydrogens is 281 g/mol. The number of fused-ring (bicyclic) bond motifs is 1. The second-order valence-electron chi connectivity index (χ2n) is 4.24. The van der Waals surface area contributed by atoms with Crippen molar-refractivity contribution < 1.29 is 4.39 Å². The van der Waals surface area contributed by atoms with Crippen LogP contribution in [0.15, 0.2) is 36.7 Å². The molecule has 0 amide bonds. The molecule has 0 aliphatic heterocycles. The van der Waals surface area contributed by atoms with Gasteiger partial charge in [0.05, 0.1) is 0 Å². The van der Waals surface area contributed by atoms with Crippen LogP contribution < -0.4 is 5.32 Å². The lowest BCUT2D eigenvalue weighted by molar-refractivity contribution is 0.627. The van der Waals surface area contributed by atoms with Crippen molar-refractivity contribution >= 4 is 23.2 Å². The number of nitrogens with one attached hydrogen (secondary N) is 1. The fraction of sp³-hybridized carbons (Fsp3) is 0.154. The number of halogens is 2. The Labute approximate surface area is 119 Å². The number of hydrogen-bond acceptors (Lipinski definition) is 4. The Kier molecular flexibility index (Phi) is 3.47. The Balaban J connectivity index is 1.70. The van der Waals surface area contributed by atoms with Crippen molar-refractivity contribution in [1.82, 2.24) is 19.6 Å². The van der Waals surface area contributed by atoms with E-state index in [4.69, 9.17) is 11.6 Å². The van der Waals surface area contributed by atoms with E-state index in [1.165, 1.54) is 18.5 Å². The number of hydrogen-bond donors (Lipinski definition) is 1. The smallest absolute Gasteiger partial charge is 0.255 e. The standard InChI is InChI=1S/C13H11ClFN5/c14-11-7-12(20-13(19-11)17-8-18-20)16-6-5-9-1-3-10(15)4-2-9/h1-4,7-8,16H,5-6H2. The average molecular weight is 292 g/mol. The van der Waals surface area contributed by atoms with Gasteiger partial charge >= 0.3 is 0 Å². The number of anilines is 1. The molecule has 20 heavy (non-hydrogen) atoms. The van der Waals surface area contributed by atoms with Crippen LogP contribution >= 0.6 is 11.6 Å². The van der Waals surface area contributed by atoms with Crippen LogP contribution in [0.4, 0.5) is 10.2 Å². The molecule has 0 atom stereocenters. The van der Waals surface area contributed by atoms with Crippen molar-refractivity contribution in [2.24, 2.45) is 0 Å². The monoisotopic (exact) mass is 291 g/mol. The Morgan fingerprint density at radius 3 is 2.85 bits per heavy atom. The number of aromatic nitrogens is 4. The maximum Gasteiger partial charge on any atom is 0.255 e. The van der Waals surface area contributed by atoms with Gasteiger partial charge in [-0.1, -0.05) is 23.7 Å². The minimum absolute atomic E-state index is 0.230. The van der Waals surface area contributed by atoms with Crippen molar-refractivity contribution in [2.75, 3.05) is 11.9 Å². The maximum absolute atomic E-state index is 12.8. The van der Waals surface area contributed by atoms with Crippen LogP contribution in [0.1, 0.15) is 5.56 Å². The molecule has 0 radical (unpaired) electrons. The lowest BCUT2D eigenvalue weighted by Crippen LogP contribution is -2.09. The topological polar surface area (TPSA) is 55.1 Å². The average Bonchev–Trinajstić information content (AvgIpc) is 2.89. The normalized spacial score (nSPS) is 10.9. The van der Waals surface area contributed by atoms with Crippen LogP contribution in [0, 0.1) is 5.82 Å². The van der Waals surface area contributed by atoms with Gasteiger partial charge in [0.2, 0.25) is 0 Å². The SMILES string of the molecule is Fc1ccc(CCNc2cc(Cl)nc3ncnn23)cc1. The number of rotatable bonds is 4. The van der Waals surface area contributed by atoms with Gasteiger partial charge in [0.25, 0.3) is 5.78 Å². The summed E-state index contributed by atoms with van der Waals surface area (Å²) in [7, 11) is 0. The first-order chi connectivity index (χ1) is 9.72. The summed E-state index contributed by atoms with van der Waals surface area (Å²) in [6, 6.07) is 8.12. The Morgan fingerprint density at radius 2 is 2.05 bits per heavy atom.